The lowest BCUT2D eigenvalue weighted by atomic mass is 9.84. The second-order valence-electron chi connectivity index (χ2n) is 7.38. The molecule has 0 spiro atoms. The maximum atomic E-state index is 12.4. The summed E-state index contributed by atoms with van der Waals surface area (Å²) in [6.45, 7) is 2.09. The number of hydrogen-bond acceptors (Lipinski definition) is 4. The van der Waals surface area contributed by atoms with Crippen molar-refractivity contribution in [3.05, 3.63) is 22.9 Å². The minimum Gasteiger partial charge on any atom is -0.352 e. The average Bonchev–Trinajstić information content (AvgIpc) is 3.26. The molecule has 2 heterocycles. The molecule has 1 N–H and O–H groups in total. The monoisotopic (exact) mass is 329 g/mol. The Morgan fingerprint density at radius 2 is 2.25 bits per heavy atom. The number of rotatable bonds is 4. The van der Waals surface area contributed by atoms with Gasteiger partial charge in [-0.2, -0.15) is 5.10 Å². The fraction of sp³-hybridized carbons (Fsp3) is 0.647. The molecule has 2 aliphatic carbocycles. The zero-order valence-corrected chi connectivity index (χ0v) is 14.1. The Morgan fingerprint density at radius 3 is 2.96 bits per heavy atom. The van der Waals surface area contributed by atoms with Gasteiger partial charge in [-0.1, -0.05) is 6.42 Å². The van der Waals surface area contributed by atoms with Crippen molar-refractivity contribution in [2.24, 2.45) is 24.8 Å². The van der Waals surface area contributed by atoms with Crippen LogP contribution in [0.5, 0.6) is 0 Å². The van der Waals surface area contributed by atoms with E-state index in [9.17, 15) is 9.59 Å². The third-order valence-corrected chi connectivity index (χ3v) is 5.86. The Labute approximate surface area is 140 Å². The molecule has 2 aromatic heterocycles. The number of nitrogens with zero attached hydrogens (tertiary/aromatic N) is 4. The first-order valence-electron chi connectivity index (χ1n) is 8.69. The van der Waals surface area contributed by atoms with Crippen molar-refractivity contribution in [3.8, 4) is 0 Å². The van der Waals surface area contributed by atoms with Gasteiger partial charge in [-0.25, -0.2) is 4.98 Å². The smallest absolute Gasteiger partial charge is 0.264 e. The van der Waals surface area contributed by atoms with Crippen LogP contribution in [-0.2, 0) is 18.4 Å². The van der Waals surface area contributed by atoms with Gasteiger partial charge in [0.05, 0.1) is 6.20 Å². The fourth-order valence-corrected chi connectivity index (χ4v) is 4.65. The van der Waals surface area contributed by atoms with Gasteiger partial charge in [-0.3, -0.25) is 18.8 Å². The van der Waals surface area contributed by atoms with E-state index in [-0.39, 0.29) is 24.1 Å². The van der Waals surface area contributed by atoms with Crippen LogP contribution in [0.4, 0.5) is 0 Å². The third-order valence-electron chi connectivity index (χ3n) is 5.86. The average molecular weight is 329 g/mol. The molecule has 2 bridgehead atoms. The zero-order valence-electron chi connectivity index (χ0n) is 14.1. The third kappa shape index (κ3) is 2.52. The van der Waals surface area contributed by atoms with E-state index in [1.54, 1.807) is 11.7 Å². The topological polar surface area (TPSA) is 81.8 Å². The summed E-state index contributed by atoms with van der Waals surface area (Å²) in [5.41, 5.74) is 0.308. The normalized spacial score (nSPS) is 26.8. The van der Waals surface area contributed by atoms with E-state index in [0.29, 0.717) is 17.0 Å². The van der Waals surface area contributed by atoms with Crippen LogP contribution in [0.3, 0.4) is 0 Å². The molecule has 0 aromatic carbocycles. The summed E-state index contributed by atoms with van der Waals surface area (Å²) in [5.74, 6) is 2.08. The molecule has 4 atom stereocenters. The Balaban J connectivity index is 1.44. The molecule has 2 aromatic rings. The lowest BCUT2D eigenvalue weighted by Crippen LogP contribution is -2.42. The quantitative estimate of drug-likeness (QED) is 0.910. The molecule has 0 radical (unpaired) electrons. The largest absolute Gasteiger partial charge is 0.352 e. The van der Waals surface area contributed by atoms with Crippen molar-refractivity contribution in [1.82, 2.24) is 24.6 Å². The summed E-state index contributed by atoms with van der Waals surface area (Å²) in [7, 11) is 1.74. The van der Waals surface area contributed by atoms with Crippen LogP contribution in [0.25, 0.3) is 11.0 Å². The number of fused-ring (bicyclic) bond motifs is 3. The van der Waals surface area contributed by atoms with Gasteiger partial charge in [0.15, 0.2) is 5.65 Å². The van der Waals surface area contributed by atoms with Crippen molar-refractivity contribution < 1.29 is 4.79 Å². The van der Waals surface area contributed by atoms with E-state index in [4.69, 9.17) is 0 Å². The number of carbonyl (C=O) groups is 1. The Morgan fingerprint density at radius 1 is 1.42 bits per heavy atom. The molecule has 1 amide bonds. The van der Waals surface area contributed by atoms with E-state index in [1.165, 1.54) is 42.8 Å². The van der Waals surface area contributed by atoms with Gasteiger partial charge in [0, 0.05) is 13.1 Å². The van der Waals surface area contributed by atoms with E-state index in [2.05, 4.69) is 22.3 Å². The fourth-order valence-electron chi connectivity index (χ4n) is 4.65. The standard InChI is InChI=1S/C17H23N5O2/c1-10(13-6-11-3-4-12(13)5-11)20-15(23)8-22-9-18-16-14(17(22)24)7-19-21(16)2/h7,9-13H,3-6,8H2,1-2H3,(H,20,23). The van der Waals surface area contributed by atoms with Crippen molar-refractivity contribution in [3.63, 3.8) is 0 Å². The van der Waals surface area contributed by atoms with Gasteiger partial charge in [-0.15, -0.1) is 0 Å². The molecule has 2 saturated carbocycles. The minimum absolute atomic E-state index is 0.00181. The maximum absolute atomic E-state index is 12.4. The highest BCUT2D eigenvalue weighted by atomic mass is 16.2. The molecule has 128 valence electrons. The van der Waals surface area contributed by atoms with Gasteiger partial charge >= 0.3 is 0 Å². The Bertz CT molecular complexity index is 839. The molecular formula is C17H23N5O2. The predicted molar refractivity (Wildman–Crippen MR) is 89.3 cm³/mol. The minimum atomic E-state index is -0.226. The van der Waals surface area contributed by atoms with Crippen molar-refractivity contribution in [1.29, 1.82) is 0 Å². The van der Waals surface area contributed by atoms with Gasteiger partial charge < -0.3 is 5.32 Å². The first kappa shape index (κ1) is 15.4. The number of nitrogens with one attached hydrogen (secondary N) is 1. The SMILES string of the molecule is CC(NC(=O)Cn1cnc2c(cnn2C)c1=O)C1CC2CCC1C2. The first-order chi connectivity index (χ1) is 11.5. The highest BCUT2D eigenvalue weighted by Crippen LogP contribution is 2.49. The number of hydrogen-bond donors (Lipinski definition) is 1. The van der Waals surface area contributed by atoms with Crippen LogP contribution in [0.2, 0.25) is 0 Å². The Kier molecular flexibility index (Phi) is 3.66. The molecule has 7 heteroatoms. The molecular weight excluding hydrogens is 306 g/mol. The summed E-state index contributed by atoms with van der Waals surface area (Å²) in [4.78, 5) is 29.0. The molecule has 4 rings (SSSR count). The molecule has 4 unspecified atom stereocenters. The lowest BCUT2D eigenvalue weighted by Gasteiger charge is -2.28. The van der Waals surface area contributed by atoms with Gasteiger partial charge in [-0.05, 0) is 43.9 Å². The zero-order chi connectivity index (χ0) is 16.8. The van der Waals surface area contributed by atoms with E-state index in [0.717, 1.165) is 11.8 Å². The second kappa shape index (κ2) is 5.72. The van der Waals surface area contributed by atoms with Crippen LogP contribution in [0.15, 0.2) is 17.3 Å². The number of aryl methyl sites for hydroxylation is 1. The van der Waals surface area contributed by atoms with E-state index < -0.39 is 0 Å². The van der Waals surface area contributed by atoms with Crippen LogP contribution in [0, 0.1) is 17.8 Å². The molecule has 0 aliphatic heterocycles. The second-order valence-corrected chi connectivity index (χ2v) is 7.38. The van der Waals surface area contributed by atoms with Crippen molar-refractivity contribution in [2.75, 3.05) is 0 Å². The Hall–Kier alpha value is -2.18. The van der Waals surface area contributed by atoms with Crippen LogP contribution in [-0.4, -0.2) is 31.3 Å². The van der Waals surface area contributed by atoms with E-state index in [1.807, 2.05) is 0 Å². The highest BCUT2D eigenvalue weighted by molar-refractivity contribution is 5.77. The van der Waals surface area contributed by atoms with Crippen molar-refractivity contribution >= 4 is 16.9 Å². The lowest BCUT2D eigenvalue weighted by molar-refractivity contribution is -0.122. The molecule has 0 saturated heterocycles. The first-order valence-corrected chi connectivity index (χ1v) is 8.69. The maximum Gasteiger partial charge on any atom is 0.264 e. The van der Waals surface area contributed by atoms with Gasteiger partial charge in [0.25, 0.3) is 5.56 Å². The molecule has 7 nitrogen and oxygen atoms in total. The van der Waals surface area contributed by atoms with Crippen LogP contribution < -0.4 is 10.9 Å². The summed E-state index contributed by atoms with van der Waals surface area (Å²) >= 11 is 0. The number of carbonyl (C=O) groups excluding carboxylic acids is 1. The number of amides is 1. The summed E-state index contributed by atoms with van der Waals surface area (Å²) in [6.07, 6.45) is 8.14. The molecule has 24 heavy (non-hydrogen) atoms. The van der Waals surface area contributed by atoms with E-state index >= 15 is 0 Å². The van der Waals surface area contributed by atoms with Crippen LogP contribution in [0.1, 0.15) is 32.6 Å². The van der Waals surface area contributed by atoms with Gasteiger partial charge in [0.1, 0.15) is 18.3 Å². The highest BCUT2D eigenvalue weighted by Gasteiger charge is 2.42. The summed E-state index contributed by atoms with van der Waals surface area (Å²) < 4.78 is 2.91. The molecule has 2 aliphatic rings. The van der Waals surface area contributed by atoms with Crippen molar-refractivity contribution in [2.45, 2.75) is 45.2 Å². The summed E-state index contributed by atoms with van der Waals surface area (Å²) in [6, 6.07) is 0.165. The van der Waals surface area contributed by atoms with Gasteiger partial charge in [0.2, 0.25) is 5.91 Å². The van der Waals surface area contributed by atoms with Crippen LogP contribution >= 0.6 is 0 Å². The summed E-state index contributed by atoms with van der Waals surface area (Å²) in [5, 5.41) is 7.57. The molecule has 2 fully saturated rings. The number of aromatic nitrogens is 4. The predicted octanol–water partition coefficient (Wildman–Crippen LogP) is 1.07.